The van der Waals surface area contributed by atoms with Crippen LogP contribution in [0.5, 0.6) is 0 Å². The highest BCUT2D eigenvalue weighted by Crippen LogP contribution is 2.10. The predicted molar refractivity (Wildman–Crippen MR) is 148 cm³/mol. The Morgan fingerprint density at radius 1 is 0.733 bits per heavy atom. The molecule has 1 unspecified atom stereocenters. The lowest BCUT2D eigenvalue weighted by Crippen LogP contribution is -1.91. The van der Waals surface area contributed by atoms with Gasteiger partial charge in [-0.05, 0) is 38.2 Å². The number of hydrogen-bond acceptors (Lipinski definition) is 1. The van der Waals surface area contributed by atoms with E-state index in [4.69, 9.17) is 0 Å². The molecule has 0 aliphatic rings. The molecule has 0 aromatic heterocycles. The maximum atomic E-state index is 4.05. The van der Waals surface area contributed by atoms with Crippen molar-refractivity contribution in [1.82, 2.24) is 0 Å². The smallest absolute Gasteiger partial charge is 0.0300 e. The first-order chi connectivity index (χ1) is 14.3. The van der Waals surface area contributed by atoms with E-state index in [1.165, 1.54) is 56.9 Å². The Bertz CT molecular complexity index is 332. The van der Waals surface area contributed by atoms with E-state index < -0.39 is 0 Å². The van der Waals surface area contributed by atoms with Crippen molar-refractivity contribution in [3.05, 3.63) is 23.9 Å². The molecule has 0 fully saturated rings. The summed E-state index contributed by atoms with van der Waals surface area (Å²) in [6.45, 7) is 31.5. The minimum Gasteiger partial charge on any atom is -0.262 e. The van der Waals surface area contributed by atoms with E-state index in [1.54, 1.807) is 0 Å². The molecule has 0 rings (SSSR count). The van der Waals surface area contributed by atoms with Crippen molar-refractivity contribution in [1.29, 1.82) is 0 Å². The molecule has 1 heteroatoms. The fourth-order valence-electron chi connectivity index (χ4n) is 2.60. The van der Waals surface area contributed by atoms with Crippen molar-refractivity contribution in [2.24, 2.45) is 16.8 Å². The minimum absolute atomic E-state index is 0.852. The minimum atomic E-state index is 0.852. The monoisotopic (exact) mass is 425 g/mol. The SMILES string of the molecule is C=C(C)N=C/C=C(\C)CCC.CC.CC.CCCC(C)CC.CCCC(C)CCC. The Kier molecular flexibility index (Phi) is 51.1. The summed E-state index contributed by atoms with van der Waals surface area (Å²) in [6, 6.07) is 0. The molecular formula is C29H63N. The average molecular weight is 426 g/mol. The fraction of sp³-hybridized carbons (Fsp3) is 0.828. The van der Waals surface area contributed by atoms with Crippen LogP contribution in [-0.2, 0) is 0 Å². The lowest BCUT2D eigenvalue weighted by atomic mass is 10.0. The first-order valence-corrected chi connectivity index (χ1v) is 13.1. The molecule has 0 saturated heterocycles. The van der Waals surface area contributed by atoms with Crippen LogP contribution in [0, 0.1) is 11.8 Å². The third-order valence-corrected chi connectivity index (χ3v) is 4.34. The van der Waals surface area contributed by atoms with Gasteiger partial charge in [0.25, 0.3) is 0 Å². The van der Waals surface area contributed by atoms with Gasteiger partial charge < -0.3 is 0 Å². The maximum absolute atomic E-state index is 4.05. The highest BCUT2D eigenvalue weighted by molar-refractivity contribution is 5.72. The Labute approximate surface area is 194 Å². The summed E-state index contributed by atoms with van der Waals surface area (Å²) in [5.41, 5.74) is 2.23. The third-order valence-electron chi connectivity index (χ3n) is 4.34. The molecule has 0 spiro atoms. The zero-order chi connectivity index (χ0) is 24.8. The van der Waals surface area contributed by atoms with Gasteiger partial charge in [-0.3, -0.25) is 4.99 Å². The number of hydrogen-bond donors (Lipinski definition) is 0. The summed E-state index contributed by atoms with van der Waals surface area (Å²) in [6.07, 6.45) is 15.8. The van der Waals surface area contributed by atoms with Crippen LogP contribution in [-0.4, -0.2) is 6.21 Å². The van der Waals surface area contributed by atoms with E-state index in [1.807, 2.05) is 46.9 Å². The standard InChI is InChI=1S/C10H17N.C8H18.C7H16.2C2H6/c1-5-6-10(4)7-8-11-9(2)3;1-4-6-8(3)7-5-2;1-4-6-7(3)5-2;2*1-2/h7-8H,2,5-6H2,1,3-4H3;8H,4-7H2,1-3H3;7H,4-6H2,1-3H3;2*1-2H3/b10-7+,11-8?;;;;. The predicted octanol–water partition coefficient (Wildman–Crippen LogP) is 11.4. The first-order valence-electron chi connectivity index (χ1n) is 13.1. The summed E-state index contributed by atoms with van der Waals surface area (Å²) in [4.78, 5) is 4.05. The Balaban J connectivity index is -0.0000000981. The van der Waals surface area contributed by atoms with Crippen LogP contribution >= 0.6 is 0 Å². The maximum Gasteiger partial charge on any atom is 0.0300 e. The van der Waals surface area contributed by atoms with Gasteiger partial charge in [-0.25, -0.2) is 0 Å². The normalized spacial score (nSPS) is 11.1. The van der Waals surface area contributed by atoms with Gasteiger partial charge in [-0.2, -0.15) is 0 Å². The lowest BCUT2D eigenvalue weighted by Gasteiger charge is -2.05. The summed E-state index contributed by atoms with van der Waals surface area (Å²) in [5, 5.41) is 0. The number of nitrogens with zero attached hydrogens (tertiary/aromatic N) is 1. The van der Waals surface area contributed by atoms with Gasteiger partial charge in [0, 0.05) is 11.9 Å². The molecule has 0 aliphatic heterocycles. The fourth-order valence-corrected chi connectivity index (χ4v) is 2.60. The van der Waals surface area contributed by atoms with E-state index in [0.29, 0.717) is 0 Å². The van der Waals surface area contributed by atoms with Crippen LogP contribution in [0.3, 0.4) is 0 Å². The van der Waals surface area contributed by atoms with Crippen LogP contribution in [0.25, 0.3) is 0 Å². The van der Waals surface area contributed by atoms with Crippen molar-refractivity contribution >= 4 is 6.21 Å². The topological polar surface area (TPSA) is 12.4 Å². The zero-order valence-corrected chi connectivity index (χ0v) is 23.8. The molecule has 0 saturated carbocycles. The van der Waals surface area contributed by atoms with Gasteiger partial charge in [0.05, 0.1) is 0 Å². The second-order valence-corrected chi connectivity index (χ2v) is 7.76. The molecule has 0 aromatic rings. The molecule has 0 aliphatic carbocycles. The van der Waals surface area contributed by atoms with Gasteiger partial charge in [0.15, 0.2) is 0 Å². The van der Waals surface area contributed by atoms with E-state index in [9.17, 15) is 0 Å². The first kappa shape index (κ1) is 39.6. The van der Waals surface area contributed by atoms with Crippen molar-refractivity contribution < 1.29 is 0 Å². The highest BCUT2D eigenvalue weighted by Gasteiger charge is 1.95. The number of aliphatic imine (C=N–C) groups is 1. The van der Waals surface area contributed by atoms with Crippen molar-refractivity contribution in [3.8, 4) is 0 Å². The molecule has 0 radical (unpaired) electrons. The molecule has 0 aromatic carbocycles. The van der Waals surface area contributed by atoms with E-state index >= 15 is 0 Å². The molecular weight excluding hydrogens is 362 g/mol. The summed E-state index contributed by atoms with van der Waals surface area (Å²) >= 11 is 0. The zero-order valence-electron chi connectivity index (χ0n) is 23.8. The van der Waals surface area contributed by atoms with E-state index in [0.717, 1.165) is 24.0 Å². The van der Waals surface area contributed by atoms with Gasteiger partial charge in [0.1, 0.15) is 0 Å². The van der Waals surface area contributed by atoms with Gasteiger partial charge in [-0.15, -0.1) is 0 Å². The van der Waals surface area contributed by atoms with E-state index in [-0.39, 0.29) is 0 Å². The summed E-state index contributed by atoms with van der Waals surface area (Å²) < 4.78 is 0. The highest BCUT2D eigenvalue weighted by atomic mass is 14.7. The number of rotatable bonds is 11. The van der Waals surface area contributed by atoms with Crippen molar-refractivity contribution in [2.45, 2.75) is 148 Å². The second kappa shape index (κ2) is 38.7. The van der Waals surface area contributed by atoms with Crippen LogP contribution in [0.1, 0.15) is 148 Å². The van der Waals surface area contributed by atoms with Gasteiger partial charge in [0.2, 0.25) is 0 Å². The Morgan fingerprint density at radius 2 is 1.13 bits per heavy atom. The van der Waals surface area contributed by atoms with Crippen LogP contribution in [0.15, 0.2) is 28.9 Å². The van der Waals surface area contributed by atoms with E-state index in [2.05, 4.69) is 67.0 Å². The largest absolute Gasteiger partial charge is 0.262 e. The van der Waals surface area contributed by atoms with Crippen LogP contribution < -0.4 is 0 Å². The molecule has 1 atom stereocenters. The Morgan fingerprint density at radius 3 is 1.40 bits per heavy atom. The molecule has 0 N–H and O–H groups in total. The Hall–Kier alpha value is -0.850. The average Bonchev–Trinajstić information content (AvgIpc) is 2.72. The summed E-state index contributed by atoms with van der Waals surface area (Å²) in [5.74, 6) is 1.91. The second-order valence-electron chi connectivity index (χ2n) is 7.76. The van der Waals surface area contributed by atoms with Gasteiger partial charge in [-0.1, -0.05) is 140 Å². The van der Waals surface area contributed by atoms with Crippen LogP contribution in [0.4, 0.5) is 0 Å². The van der Waals surface area contributed by atoms with Crippen molar-refractivity contribution in [3.63, 3.8) is 0 Å². The molecule has 30 heavy (non-hydrogen) atoms. The number of allylic oxidation sites excluding steroid dienone is 3. The molecule has 0 amide bonds. The third kappa shape index (κ3) is 50.6. The molecule has 0 heterocycles. The van der Waals surface area contributed by atoms with Crippen molar-refractivity contribution in [2.75, 3.05) is 0 Å². The quantitative estimate of drug-likeness (QED) is 0.292. The lowest BCUT2D eigenvalue weighted by molar-refractivity contribution is 0.480. The molecule has 184 valence electrons. The van der Waals surface area contributed by atoms with Crippen LogP contribution in [0.2, 0.25) is 0 Å². The van der Waals surface area contributed by atoms with Gasteiger partial charge >= 0.3 is 0 Å². The molecule has 1 nitrogen and oxygen atoms in total. The molecule has 0 bridgehead atoms. The summed E-state index contributed by atoms with van der Waals surface area (Å²) in [7, 11) is 0.